The van der Waals surface area contributed by atoms with Crippen molar-refractivity contribution in [2.75, 3.05) is 30.3 Å². The van der Waals surface area contributed by atoms with Crippen LogP contribution in [0, 0.1) is 17.2 Å². The van der Waals surface area contributed by atoms with E-state index in [4.69, 9.17) is 9.72 Å². The molecule has 1 unspecified atom stereocenters. The Hall–Kier alpha value is -1.69. The van der Waals surface area contributed by atoms with Crippen molar-refractivity contribution in [2.45, 2.75) is 78.0 Å². The summed E-state index contributed by atoms with van der Waals surface area (Å²) in [6.45, 7) is 12.0. The molecule has 0 amide bonds. The first-order valence-corrected chi connectivity index (χ1v) is 13.0. The Balaban J connectivity index is 1.76. The minimum absolute atomic E-state index is 0.109. The predicted octanol–water partition coefficient (Wildman–Crippen LogP) is 3.18. The Kier molecular flexibility index (Phi) is 5.82. The highest BCUT2D eigenvalue weighted by Crippen LogP contribution is 2.46. The van der Waals surface area contributed by atoms with E-state index in [2.05, 4.69) is 38.7 Å². The molecule has 170 valence electrons. The van der Waals surface area contributed by atoms with E-state index in [0.717, 1.165) is 35.5 Å². The average Bonchev–Trinajstić information content (AvgIpc) is 3.56. The lowest BCUT2D eigenvalue weighted by Gasteiger charge is -2.43. The summed E-state index contributed by atoms with van der Waals surface area (Å²) < 4.78 is 33.1. The van der Waals surface area contributed by atoms with Crippen molar-refractivity contribution in [3.63, 3.8) is 0 Å². The van der Waals surface area contributed by atoms with Gasteiger partial charge in [-0.2, -0.15) is 9.57 Å². The molecule has 0 radical (unpaired) electrons. The molecule has 3 aliphatic rings. The molecule has 1 aromatic rings. The quantitative estimate of drug-likeness (QED) is 0.690. The normalized spacial score (nSPS) is 24.2. The lowest BCUT2D eigenvalue weighted by atomic mass is 9.87. The van der Waals surface area contributed by atoms with Gasteiger partial charge in [0.1, 0.15) is 11.9 Å². The maximum Gasteiger partial charge on any atom is 0.214 e. The SMILES string of the molecule is CCS(=O)(=O)N1CCN(c2nc(C3CC3)c3c(c2C#N)CC(C)(C)OC3)CC1C(C)C. The fourth-order valence-corrected chi connectivity index (χ4v) is 6.27. The molecule has 4 rings (SSSR count). The fourth-order valence-electron chi connectivity index (χ4n) is 4.86. The lowest BCUT2D eigenvalue weighted by molar-refractivity contribution is -0.0407. The van der Waals surface area contributed by atoms with Crippen LogP contribution in [-0.2, 0) is 27.8 Å². The lowest BCUT2D eigenvalue weighted by Crippen LogP contribution is -2.57. The van der Waals surface area contributed by atoms with Gasteiger partial charge in [0.2, 0.25) is 10.0 Å². The number of fused-ring (bicyclic) bond motifs is 1. The third kappa shape index (κ3) is 4.20. The largest absolute Gasteiger partial charge is 0.370 e. The van der Waals surface area contributed by atoms with Gasteiger partial charge in [0.05, 0.1) is 29.2 Å². The first-order valence-electron chi connectivity index (χ1n) is 11.4. The topological polar surface area (TPSA) is 86.5 Å². The summed E-state index contributed by atoms with van der Waals surface area (Å²) in [5.74, 6) is 1.47. The van der Waals surface area contributed by atoms with E-state index >= 15 is 0 Å². The molecule has 3 heterocycles. The van der Waals surface area contributed by atoms with Crippen LogP contribution in [0.2, 0.25) is 0 Å². The van der Waals surface area contributed by atoms with Gasteiger partial charge in [0.25, 0.3) is 0 Å². The highest BCUT2D eigenvalue weighted by Gasteiger charge is 2.40. The highest BCUT2D eigenvalue weighted by atomic mass is 32.2. The number of nitrogens with zero attached hydrogens (tertiary/aromatic N) is 4. The zero-order valence-corrected chi connectivity index (χ0v) is 20.1. The summed E-state index contributed by atoms with van der Waals surface area (Å²) in [7, 11) is -3.27. The first-order chi connectivity index (χ1) is 14.6. The molecule has 1 aliphatic carbocycles. The zero-order valence-electron chi connectivity index (χ0n) is 19.3. The number of piperazine rings is 1. The molecular weight excluding hydrogens is 412 g/mol. The van der Waals surface area contributed by atoms with Crippen LogP contribution in [0.1, 0.15) is 75.8 Å². The van der Waals surface area contributed by atoms with Gasteiger partial charge >= 0.3 is 0 Å². The highest BCUT2D eigenvalue weighted by molar-refractivity contribution is 7.89. The van der Waals surface area contributed by atoms with E-state index in [1.807, 2.05) is 0 Å². The van der Waals surface area contributed by atoms with Gasteiger partial charge in [0, 0.05) is 43.6 Å². The van der Waals surface area contributed by atoms with E-state index in [1.54, 1.807) is 11.2 Å². The summed E-state index contributed by atoms with van der Waals surface area (Å²) in [6, 6.07) is 2.32. The second-order valence-corrected chi connectivity index (χ2v) is 12.2. The van der Waals surface area contributed by atoms with Crippen LogP contribution < -0.4 is 4.90 Å². The number of hydrogen-bond acceptors (Lipinski definition) is 6. The van der Waals surface area contributed by atoms with Gasteiger partial charge in [-0.3, -0.25) is 0 Å². The second-order valence-electron chi connectivity index (χ2n) is 10.0. The van der Waals surface area contributed by atoms with Gasteiger partial charge in [-0.15, -0.1) is 0 Å². The van der Waals surface area contributed by atoms with Gasteiger partial charge in [-0.1, -0.05) is 13.8 Å². The predicted molar refractivity (Wildman–Crippen MR) is 121 cm³/mol. The minimum Gasteiger partial charge on any atom is -0.370 e. The van der Waals surface area contributed by atoms with Gasteiger partial charge in [-0.05, 0) is 45.1 Å². The molecule has 0 N–H and O–H groups in total. The van der Waals surface area contributed by atoms with Crippen molar-refractivity contribution < 1.29 is 13.2 Å². The van der Waals surface area contributed by atoms with Gasteiger partial charge in [-0.25, -0.2) is 13.4 Å². The molecule has 1 aromatic heterocycles. The van der Waals surface area contributed by atoms with Crippen molar-refractivity contribution in [3.8, 4) is 6.07 Å². The smallest absolute Gasteiger partial charge is 0.214 e. The number of hydrogen-bond donors (Lipinski definition) is 0. The maximum atomic E-state index is 12.7. The van der Waals surface area contributed by atoms with E-state index in [1.165, 1.54) is 0 Å². The molecular formula is C23H34N4O3S. The molecule has 8 heteroatoms. The number of rotatable bonds is 5. The third-order valence-electron chi connectivity index (χ3n) is 6.87. The van der Waals surface area contributed by atoms with Crippen molar-refractivity contribution >= 4 is 15.8 Å². The summed E-state index contributed by atoms with van der Waals surface area (Å²) in [5.41, 5.74) is 3.60. The number of aromatic nitrogens is 1. The Morgan fingerprint density at radius 1 is 1.26 bits per heavy atom. The molecule has 1 atom stereocenters. The molecule has 1 saturated heterocycles. The minimum atomic E-state index is -3.27. The molecule has 0 aromatic carbocycles. The van der Waals surface area contributed by atoms with Crippen LogP contribution >= 0.6 is 0 Å². The Morgan fingerprint density at radius 2 is 1.97 bits per heavy atom. The van der Waals surface area contributed by atoms with Crippen molar-refractivity contribution in [3.05, 3.63) is 22.4 Å². The van der Waals surface area contributed by atoms with Crippen LogP contribution in [0.3, 0.4) is 0 Å². The third-order valence-corrected chi connectivity index (χ3v) is 8.77. The molecule has 1 saturated carbocycles. The van der Waals surface area contributed by atoms with E-state index in [0.29, 0.717) is 44.1 Å². The van der Waals surface area contributed by atoms with Crippen LogP contribution in [-0.4, -0.2) is 54.7 Å². The van der Waals surface area contributed by atoms with Crippen molar-refractivity contribution in [1.82, 2.24) is 9.29 Å². The second kappa shape index (κ2) is 8.02. The van der Waals surface area contributed by atoms with Gasteiger partial charge in [0.15, 0.2) is 0 Å². The van der Waals surface area contributed by atoms with E-state index in [9.17, 15) is 13.7 Å². The molecule has 0 bridgehead atoms. The van der Waals surface area contributed by atoms with Gasteiger partial charge < -0.3 is 9.64 Å². The fraction of sp³-hybridized carbons (Fsp3) is 0.739. The summed E-state index contributed by atoms with van der Waals surface area (Å²) in [4.78, 5) is 7.20. The summed E-state index contributed by atoms with van der Waals surface area (Å²) in [6.07, 6.45) is 2.95. The molecule has 2 fully saturated rings. The zero-order chi connectivity index (χ0) is 22.6. The van der Waals surface area contributed by atoms with Crippen LogP contribution in [0.25, 0.3) is 0 Å². The molecule has 31 heavy (non-hydrogen) atoms. The Labute approximate surface area is 186 Å². The number of anilines is 1. The monoisotopic (exact) mass is 446 g/mol. The first kappa shape index (κ1) is 22.5. The van der Waals surface area contributed by atoms with Crippen molar-refractivity contribution in [1.29, 1.82) is 5.26 Å². The summed E-state index contributed by atoms with van der Waals surface area (Å²) in [5, 5.41) is 10.2. The number of ether oxygens (including phenoxy) is 1. The number of nitriles is 1. The van der Waals surface area contributed by atoms with Crippen LogP contribution in [0.15, 0.2) is 0 Å². The van der Waals surface area contributed by atoms with E-state index < -0.39 is 10.0 Å². The van der Waals surface area contributed by atoms with Crippen molar-refractivity contribution in [2.24, 2.45) is 5.92 Å². The number of pyridine rings is 1. The van der Waals surface area contributed by atoms with Crippen LogP contribution in [0.4, 0.5) is 5.82 Å². The molecule has 0 spiro atoms. The Morgan fingerprint density at radius 3 is 2.55 bits per heavy atom. The molecule has 2 aliphatic heterocycles. The molecule has 7 nitrogen and oxygen atoms in total. The van der Waals surface area contributed by atoms with Crippen LogP contribution in [0.5, 0.6) is 0 Å². The maximum absolute atomic E-state index is 12.7. The van der Waals surface area contributed by atoms with E-state index in [-0.39, 0.29) is 23.3 Å². The average molecular weight is 447 g/mol. The Bertz CT molecular complexity index is 1010. The summed E-state index contributed by atoms with van der Waals surface area (Å²) >= 11 is 0. The number of sulfonamides is 1. The standard InChI is InChI=1S/C23H34N4O3S/c1-6-31(28,29)27-10-9-26(13-20(27)15(2)3)22-18(12-24)17-11-23(4,5)30-14-19(17)21(25-22)16-7-8-16/h15-16,20H,6-11,13-14H2,1-5H3.